The minimum absolute atomic E-state index is 0.0109. The van der Waals surface area contributed by atoms with Gasteiger partial charge in [0.2, 0.25) is 0 Å². The van der Waals surface area contributed by atoms with E-state index in [1.165, 1.54) is 31.3 Å². The number of carbonyl (C=O) groups excluding carboxylic acids is 2. The number of allylic oxidation sites excluding steroid dienone is 1. The lowest BCUT2D eigenvalue weighted by Gasteiger charge is -2.72. The van der Waals surface area contributed by atoms with Crippen LogP contribution in [0.3, 0.4) is 0 Å². The Balaban J connectivity index is 1.55. The fourth-order valence-electron chi connectivity index (χ4n) is 11.7. The SMILES string of the molecule is CC(=O)O[C@H]1CC[C@@]2(C)C(CC[C@]3(C)C2CC[C@@H]2C4=C(C(C)C)CC[C@]4(C(O)C=O)CC[C@]23C)C1(C)C. The Labute approximate surface area is 225 Å². The van der Waals surface area contributed by atoms with Crippen LogP contribution in [-0.4, -0.2) is 29.6 Å². The molecule has 0 aromatic rings. The van der Waals surface area contributed by atoms with Gasteiger partial charge in [-0.25, -0.2) is 0 Å². The highest BCUT2D eigenvalue weighted by Crippen LogP contribution is 2.77. The predicted octanol–water partition coefficient (Wildman–Crippen LogP) is 7.28. The predicted molar refractivity (Wildman–Crippen MR) is 147 cm³/mol. The molecule has 0 aliphatic heterocycles. The molecule has 0 aromatic heterocycles. The first kappa shape index (κ1) is 27.4. The number of aliphatic hydroxyl groups is 1. The van der Waals surface area contributed by atoms with Crippen molar-refractivity contribution in [3.05, 3.63) is 11.1 Å². The van der Waals surface area contributed by atoms with Gasteiger partial charge >= 0.3 is 5.97 Å². The molecule has 4 heteroatoms. The summed E-state index contributed by atoms with van der Waals surface area (Å²) >= 11 is 0. The van der Waals surface area contributed by atoms with Crippen LogP contribution in [0.1, 0.15) is 120 Å². The van der Waals surface area contributed by atoms with Crippen LogP contribution in [0, 0.1) is 50.7 Å². The van der Waals surface area contributed by atoms with Gasteiger partial charge in [0.15, 0.2) is 0 Å². The summed E-state index contributed by atoms with van der Waals surface area (Å²) in [6.07, 6.45) is 10.9. The van der Waals surface area contributed by atoms with Crippen LogP contribution in [0.4, 0.5) is 0 Å². The molecular formula is C33H52O4. The monoisotopic (exact) mass is 512 g/mol. The van der Waals surface area contributed by atoms with E-state index in [4.69, 9.17) is 4.74 Å². The van der Waals surface area contributed by atoms with Crippen molar-refractivity contribution in [2.75, 3.05) is 0 Å². The molecule has 9 atom stereocenters. The summed E-state index contributed by atoms with van der Waals surface area (Å²) in [6.45, 7) is 18.7. The van der Waals surface area contributed by atoms with E-state index in [0.29, 0.717) is 23.7 Å². The van der Waals surface area contributed by atoms with E-state index in [0.717, 1.165) is 44.8 Å². The van der Waals surface area contributed by atoms with Crippen LogP contribution >= 0.6 is 0 Å². The number of hydrogen-bond donors (Lipinski definition) is 1. The zero-order valence-electron chi connectivity index (χ0n) is 24.8. The van der Waals surface area contributed by atoms with Crippen molar-refractivity contribution in [2.45, 2.75) is 132 Å². The molecule has 1 N–H and O–H groups in total. The van der Waals surface area contributed by atoms with Crippen molar-refractivity contribution in [3.8, 4) is 0 Å². The second-order valence-corrected chi connectivity index (χ2v) is 15.4. The molecule has 208 valence electrons. The van der Waals surface area contributed by atoms with Gasteiger partial charge in [-0.05, 0) is 104 Å². The molecule has 0 radical (unpaired) electrons. The number of esters is 1. The van der Waals surface area contributed by atoms with Crippen molar-refractivity contribution in [1.29, 1.82) is 0 Å². The number of ether oxygens (including phenoxy) is 1. The minimum atomic E-state index is -0.876. The quantitative estimate of drug-likeness (QED) is 0.244. The number of rotatable bonds is 4. The lowest BCUT2D eigenvalue weighted by Crippen LogP contribution is -2.66. The van der Waals surface area contributed by atoms with E-state index in [2.05, 4.69) is 48.5 Å². The third-order valence-corrected chi connectivity index (χ3v) is 13.7. The van der Waals surface area contributed by atoms with Gasteiger partial charge < -0.3 is 14.6 Å². The van der Waals surface area contributed by atoms with Crippen molar-refractivity contribution < 1.29 is 19.4 Å². The molecule has 37 heavy (non-hydrogen) atoms. The Bertz CT molecular complexity index is 994. The molecule has 4 nitrogen and oxygen atoms in total. The van der Waals surface area contributed by atoms with Gasteiger partial charge in [-0.2, -0.15) is 0 Å². The molecule has 5 aliphatic rings. The van der Waals surface area contributed by atoms with Crippen molar-refractivity contribution in [3.63, 3.8) is 0 Å². The normalized spacial score (nSPS) is 47.4. The number of aliphatic hydroxyl groups excluding tert-OH is 1. The Hall–Kier alpha value is -1.16. The van der Waals surface area contributed by atoms with E-state index in [1.54, 1.807) is 12.5 Å². The zero-order chi connectivity index (χ0) is 27.2. The third kappa shape index (κ3) is 3.48. The van der Waals surface area contributed by atoms with E-state index in [1.807, 2.05) is 0 Å². The highest BCUT2D eigenvalue weighted by molar-refractivity contribution is 5.66. The van der Waals surface area contributed by atoms with Crippen LogP contribution < -0.4 is 0 Å². The van der Waals surface area contributed by atoms with Gasteiger partial charge in [-0.3, -0.25) is 4.79 Å². The van der Waals surface area contributed by atoms with Gasteiger partial charge in [-0.1, -0.05) is 59.6 Å². The second kappa shape index (κ2) is 8.67. The second-order valence-electron chi connectivity index (χ2n) is 15.4. The summed E-state index contributed by atoms with van der Waals surface area (Å²) in [6, 6.07) is 0. The topological polar surface area (TPSA) is 63.6 Å². The summed E-state index contributed by atoms with van der Waals surface area (Å²) in [5.41, 5.74) is 3.33. The molecular weight excluding hydrogens is 460 g/mol. The highest BCUT2D eigenvalue weighted by atomic mass is 16.5. The molecule has 0 amide bonds. The first-order chi connectivity index (χ1) is 17.2. The van der Waals surface area contributed by atoms with E-state index in [-0.39, 0.29) is 39.1 Å². The van der Waals surface area contributed by atoms with Crippen LogP contribution in [0.5, 0.6) is 0 Å². The first-order valence-corrected chi connectivity index (χ1v) is 15.2. The summed E-state index contributed by atoms with van der Waals surface area (Å²) in [4.78, 5) is 23.9. The smallest absolute Gasteiger partial charge is 0.302 e. The van der Waals surface area contributed by atoms with Gasteiger partial charge in [0.1, 0.15) is 18.5 Å². The van der Waals surface area contributed by atoms with Crippen LogP contribution in [0.25, 0.3) is 0 Å². The minimum Gasteiger partial charge on any atom is -0.462 e. The molecule has 0 spiro atoms. The van der Waals surface area contributed by atoms with Gasteiger partial charge in [0, 0.05) is 17.8 Å². The first-order valence-electron chi connectivity index (χ1n) is 15.2. The van der Waals surface area contributed by atoms with E-state index in [9.17, 15) is 14.7 Å². The summed E-state index contributed by atoms with van der Waals surface area (Å²) in [5.74, 6) is 1.97. The van der Waals surface area contributed by atoms with Gasteiger partial charge in [0.05, 0.1) is 0 Å². The number of aldehydes is 1. The van der Waals surface area contributed by atoms with Gasteiger partial charge in [0.25, 0.3) is 0 Å². The van der Waals surface area contributed by atoms with Crippen molar-refractivity contribution >= 4 is 12.3 Å². The van der Waals surface area contributed by atoms with Crippen LogP contribution in [0.2, 0.25) is 0 Å². The number of carbonyl (C=O) groups is 2. The molecule has 0 aromatic carbocycles. The maximum absolute atomic E-state index is 12.0. The number of hydrogen-bond acceptors (Lipinski definition) is 4. The average Bonchev–Trinajstić information content (AvgIpc) is 3.22. The summed E-state index contributed by atoms with van der Waals surface area (Å²) in [7, 11) is 0. The lowest BCUT2D eigenvalue weighted by atomic mass is 9.33. The molecule has 0 heterocycles. The fraction of sp³-hybridized carbons (Fsp3) is 0.879. The Kier molecular flexibility index (Phi) is 6.42. The average molecular weight is 513 g/mol. The van der Waals surface area contributed by atoms with Crippen molar-refractivity contribution in [1.82, 2.24) is 0 Å². The van der Waals surface area contributed by atoms with Gasteiger partial charge in [-0.15, -0.1) is 0 Å². The molecule has 3 unspecified atom stereocenters. The molecule has 4 fully saturated rings. The zero-order valence-corrected chi connectivity index (χ0v) is 24.8. The van der Waals surface area contributed by atoms with Crippen LogP contribution in [0.15, 0.2) is 11.1 Å². The molecule has 5 aliphatic carbocycles. The van der Waals surface area contributed by atoms with Crippen molar-refractivity contribution in [2.24, 2.45) is 50.7 Å². The Morgan fingerprint density at radius 1 is 0.919 bits per heavy atom. The summed E-state index contributed by atoms with van der Waals surface area (Å²) < 4.78 is 5.90. The molecule has 4 saturated carbocycles. The summed E-state index contributed by atoms with van der Waals surface area (Å²) in [5, 5.41) is 11.1. The molecule has 0 saturated heterocycles. The van der Waals surface area contributed by atoms with E-state index < -0.39 is 6.10 Å². The molecule has 0 bridgehead atoms. The third-order valence-electron chi connectivity index (χ3n) is 13.7. The largest absolute Gasteiger partial charge is 0.462 e. The maximum Gasteiger partial charge on any atom is 0.302 e. The van der Waals surface area contributed by atoms with Crippen LogP contribution in [-0.2, 0) is 14.3 Å². The molecule has 5 rings (SSSR count). The van der Waals surface area contributed by atoms with E-state index >= 15 is 0 Å². The Morgan fingerprint density at radius 2 is 1.62 bits per heavy atom. The Morgan fingerprint density at radius 3 is 2.24 bits per heavy atom. The maximum atomic E-state index is 12.0. The standard InChI is InChI=1S/C33H52O4/c1-20(2)22-11-16-33(26(36)19-34)18-17-31(7)23(28(22)33)9-10-25-30(6)14-13-27(37-21(3)35)29(4,5)24(30)12-15-32(25,31)8/h19-20,23-27,36H,9-18H2,1-8H3/t23-,24?,25?,26?,27+,30+,31-,32-,33-/m1/s1. The number of fused-ring (bicyclic) bond motifs is 7. The lowest BCUT2D eigenvalue weighted by molar-refractivity contribution is -0.234. The highest BCUT2D eigenvalue weighted by Gasteiger charge is 2.70. The fourth-order valence-corrected chi connectivity index (χ4v) is 11.7.